The summed E-state index contributed by atoms with van der Waals surface area (Å²) in [5, 5.41) is 5.30. The van der Waals surface area contributed by atoms with E-state index in [-0.39, 0.29) is 5.91 Å². The number of anilines is 1. The van der Waals surface area contributed by atoms with Crippen LogP contribution in [0.3, 0.4) is 0 Å². The lowest BCUT2D eigenvalue weighted by atomic mass is 10.1. The lowest BCUT2D eigenvalue weighted by molar-refractivity contribution is -0.117. The quantitative estimate of drug-likeness (QED) is 0.876. The first kappa shape index (κ1) is 18.5. The molecule has 2 aromatic rings. The number of amides is 2. The molecule has 0 bridgehead atoms. The molecule has 0 aliphatic rings. The van der Waals surface area contributed by atoms with Gasteiger partial charge in [0.2, 0.25) is 5.91 Å². The monoisotopic (exact) mass is 340 g/mol. The molecule has 2 amide bonds. The fourth-order valence-corrected chi connectivity index (χ4v) is 2.18. The van der Waals surface area contributed by atoms with Crippen molar-refractivity contribution in [1.29, 1.82) is 0 Å². The van der Waals surface area contributed by atoms with Crippen molar-refractivity contribution in [3.63, 3.8) is 0 Å². The molecule has 132 valence electrons. The van der Waals surface area contributed by atoms with Gasteiger partial charge in [-0.05, 0) is 51.0 Å². The second-order valence-electron chi connectivity index (χ2n) is 6.80. The van der Waals surface area contributed by atoms with Crippen molar-refractivity contribution < 1.29 is 14.3 Å². The van der Waals surface area contributed by atoms with Gasteiger partial charge in [0.1, 0.15) is 11.6 Å². The molecule has 0 spiro atoms. The Bertz CT molecular complexity index is 719. The summed E-state index contributed by atoms with van der Waals surface area (Å²) in [5.41, 5.74) is 2.24. The lowest BCUT2D eigenvalue weighted by Gasteiger charge is -2.21. The van der Waals surface area contributed by atoms with Crippen molar-refractivity contribution in [3.8, 4) is 11.1 Å². The summed E-state index contributed by atoms with van der Waals surface area (Å²) < 4.78 is 5.14. The minimum atomic E-state index is -0.705. The molecular weight excluding hydrogens is 316 g/mol. The molecule has 0 radical (unpaired) electrons. The van der Waals surface area contributed by atoms with Gasteiger partial charge >= 0.3 is 6.09 Å². The SMILES string of the molecule is C[C@H](NC(=O)OC(C)(C)C)C(=O)Nc1ccc(-c2ccccc2)cc1. The average Bonchev–Trinajstić information content (AvgIpc) is 2.54. The number of carbonyl (C=O) groups is 2. The zero-order valence-electron chi connectivity index (χ0n) is 15.0. The van der Waals surface area contributed by atoms with E-state index in [1.54, 1.807) is 27.7 Å². The minimum Gasteiger partial charge on any atom is -0.444 e. The fourth-order valence-electron chi connectivity index (χ4n) is 2.18. The molecule has 5 heteroatoms. The number of alkyl carbamates (subject to hydrolysis) is 1. The van der Waals surface area contributed by atoms with Crippen molar-refractivity contribution in [1.82, 2.24) is 5.32 Å². The summed E-state index contributed by atoms with van der Waals surface area (Å²) in [7, 11) is 0. The molecule has 5 nitrogen and oxygen atoms in total. The van der Waals surface area contributed by atoms with E-state index in [1.165, 1.54) is 0 Å². The fraction of sp³-hybridized carbons (Fsp3) is 0.300. The van der Waals surface area contributed by atoms with Crippen LogP contribution < -0.4 is 10.6 Å². The van der Waals surface area contributed by atoms with Crippen molar-refractivity contribution >= 4 is 17.7 Å². The highest BCUT2D eigenvalue weighted by Gasteiger charge is 2.21. The summed E-state index contributed by atoms with van der Waals surface area (Å²) in [5.74, 6) is -0.307. The van der Waals surface area contributed by atoms with Crippen LogP contribution in [0.5, 0.6) is 0 Å². The van der Waals surface area contributed by atoms with E-state index in [2.05, 4.69) is 10.6 Å². The normalized spacial score (nSPS) is 12.2. The van der Waals surface area contributed by atoms with Gasteiger partial charge in [-0.1, -0.05) is 42.5 Å². The Hall–Kier alpha value is -2.82. The molecular formula is C20H24N2O3. The van der Waals surface area contributed by atoms with Gasteiger partial charge in [-0.25, -0.2) is 4.79 Å². The van der Waals surface area contributed by atoms with Gasteiger partial charge in [0, 0.05) is 5.69 Å². The predicted molar refractivity (Wildman–Crippen MR) is 99.3 cm³/mol. The van der Waals surface area contributed by atoms with E-state index in [4.69, 9.17) is 4.74 Å². The molecule has 2 rings (SSSR count). The van der Waals surface area contributed by atoms with Crippen LogP contribution in [0.1, 0.15) is 27.7 Å². The Kier molecular flexibility index (Phi) is 5.80. The third-order valence-electron chi connectivity index (χ3n) is 3.39. The van der Waals surface area contributed by atoms with E-state index in [9.17, 15) is 9.59 Å². The number of hydrogen-bond acceptors (Lipinski definition) is 3. The number of benzene rings is 2. The van der Waals surface area contributed by atoms with Gasteiger partial charge in [0.25, 0.3) is 0 Å². The molecule has 2 aromatic carbocycles. The van der Waals surface area contributed by atoms with E-state index < -0.39 is 17.7 Å². The average molecular weight is 340 g/mol. The summed E-state index contributed by atoms with van der Waals surface area (Å²) in [6, 6.07) is 16.8. The van der Waals surface area contributed by atoms with E-state index in [0.717, 1.165) is 11.1 Å². The Morgan fingerprint density at radius 1 is 0.920 bits per heavy atom. The maximum atomic E-state index is 12.2. The van der Waals surface area contributed by atoms with Crippen LogP contribution in [0, 0.1) is 0 Å². The van der Waals surface area contributed by atoms with Crippen LogP contribution >= 0.6 is 0 Å². The third-order valence-corrected chi connectivity index (χ3v) is 3.39. The predicted octanol–water partition coefficient (Wildman–Crippen LogP) is 4.21. The van der Waals surface area contributed by atoms with Gasteiger partial charge < -0.3 is 15.4 Å². The van der Waals surface area contributed by atoms with E-state index in [0.29, 0.717) is 5.69 Å². The molecule has 0 unspecified atom stereocenters. The van der Waals surface area contributed by atoms with Crippen LogP contribution in [0.15, 0.2) is 54.6 Å². The Balaban J connectivity index is 1.93. The van der Waals surface area contributed by atoms with E-state index >= 15 is 0 Å². The van der Waals surface area contributed by atoms with Crippen molar-refractivity contribution in [2.24, 2.45) is 0 Å². The Labute approximate surface area is 148 Å². The first-order valence-corrected chi connectivity index (χ1v) is 8.20. The Morgan fingerprint density at radius 3 is 2.04 bits per heavy atom. The maximum Gasteiger partial charge on any atom is 0.408 e. The highest BCUT2D eigenvalue weighted by atomic mass is 16.6. The topological polar surface area (TPSA) is 67.4 Å². The summed E-state index contributed by atoms with van der Waals surface area (Å²) >= 11 is 0. The molecule has 0 aromatic heterocycles. The first-order valence-electron chi connectivity index (χ1n) is 8.20. The van der Waals surface area contributed by atoms with Crippen molar-refractivity contribution in [3.05, 3.63) is 54.6 Å². The maximum absolute atomic E-state index is 12.2. The third kappa shape index (κ3) is 5.95. The largest absolute Gasteiger partial charge is 0.444 e. The molecule has 25 heavy (non-hydrogen) atoms. The van der Waals surface area contributed by atoms with Crippen LogP contribution in [0.25, 0.3) is 11.1 Å². The second-order valence-corrected chi connectivity index (χ2v) is 6.80. The standard InChI is InChI=1S/C20H24N2O3/c1-14(21-19(24)25-20(2,3)4)18(23)22-17-12-10-16(11-13-17)15-8-6-5-7-9-15/h5-14H,1-4H3,(H,21,24)(H,22,23)/t14-/m0/s1. The van der Waals surface area contributed by atoms with Crippen LogP contribution in [-0.4, -0.2) is 23.6 Å². The summed E-state index contributed by atoms with van der Waals surface area (Å²) in [6.45, 7) is 6.92. The lowest BCUT2D eigenvalue weighted by Crippen LogP contribution is -2.43. The molecule has 0 saturated carbocycles. The van der Waals surface area contributed by atoms with Crippen molar-refractivity contribution in [2.45, 2.75) is 39.3 Å². The van der Waals surface area contributed by atoms with Gasteiger partial charge in [-0.3, -0.25) is 4.79 Å². The molecule has 0 fully saturated rings. The number of ether oxygens (including phenoxy) is 1. The summed E-state index contributed by atoms with van der Waals surface area (Å²) in [6.07, 6.45) is -0.616. The number of carbonyl (C=O) groups excluding carboxylic acids is 2. The minimum absolute atomic E-state index is 0.307. The van der Waals surface area contributed by atoms with Gasteiger partial charge in [-0.15, -0.1) is 0 Å². The smallest absolute Gasteiger partial charge is 0.408 e. The molecule has 1 atom stereocenters. The zero-order chi connectivity index (χ0) is 18.4. The van der Waals surface area contributed by atoms with Gasteiger partial charge in [-0.2, -0.15) is 0 Å². The highest BCUT2D eigenvalue weighted by Crippen LogP contribution is 2.21. The molecule has 0 heterocycles. The second kappa shape index (κ2) is 7.83. The summed E-state index contributed by atoms with van der Waals surface area (Å²) in [4.78, 5) is 23.9. The zero-order valence-corrected chi connectivity index (χ0v) is 15.0. The number of hydrogen-bond donors (Lipinski definition) is 2. The number of nitrogens with one attached hydrogen (secondary N) is 2. The van der Waals surface area contributed by atoms with Gasteiger partial charge in [0.05, 0.1) is 0 Å². The van der Waals surface area contributed by atoms with E-state index in [1.807, 2.05) is 54.6 Å². The van der Waals surface area contributed by atoms with Crippen LogP contribution in [-0.2, 0) is 9.53 Å². The van der Waals surface area contributed by atoms with Crippen LogP contribution in [0.2, 0.25) is 0 Å². The molecule has 0 aliphatic carbocycles. The van der Waals surface area contributed by atoms with Gasteiger partial charge in [0.15, 0.2) is 0 Å². The highest BCUT2D eigenvalue weighted by molar-refractivity contribution is 5.96. The Morgan fingerprint density at radius 2 is 1.48 bits per heavy atom. The number of rotatable bonds is 4. The molecule has 0 saturated heterocycles. The molecule has 0 aliphatic heterocycles. The van der Waals surface area contributed by atoms with Crippen LogP contribution in [0.4, 0.5) is 10.5 Å². The molecule has 2 N–H and O–H groups in total. The van der Waals surface area contributed by atoms with Crippen molar-refractivity contribution in [2.75, 3.05) is 5.32 Å². The first-order chi connectivity index (χ1) is 11.7.